The number of anilines is 2. The first kappa shape index (κ1) is 17.4. The number of aliphatic hydroxyl groups excluding tert-OH is 1. The molecular weight excluding hydrogens is 382 g/mol. The molecule has 3 amide bonds. The van der Waals surface area contributed by atoms with Crippen LogP contribution in [0.4, 0.5) is 11.4 Å². The van der Waals surface area contributed by atoms with E-state index < -0.39 is 41.1 Å². The van der Waals surface area contributed by atoms with E-state index in [2.05, 4.69) is 10.6 Å². The van der Waals surface area contributed by atoms with E-state index in [1.165, 1.54) is 0 Å². The van der Waals surface area contributed by atoms with Crippen LogP contribution < -0.4 is 15.5 Å². The lowest BCUT2D eigenvalue weighted by Crippen LogP contribution is -2.53. The van der Waals surface area contributed by atoms with Gasteiger partial charge >= 0.3 is 0 Å². The lowest BCUT2D eigenvalue weighted by atomic mass is 9.76. The molecule has 0 saturated carbocycles. The highest BCUT2D eigenvalue weighted by Crippen LogP contribution is 2.53. The van der Waals surface area contributed by atoms with E-state index in [4.69, 9.17) is 11.6 Å². The minimum Gasteiger partial charge on any atom is -0.395 e. The molecule has 2 saturated heterocycles. The Kier molecular flexibility index (Phi) is 3.64. The number of carbonyl (C=O) groups excluding carboxylic acids is 3. The molecule has 2 aromatic carbocycles. The maximum absolute atomic E-state index is 13.4. The van der Waals surface area contributed by atoms with Crippen LogP contribution in [-0.2, 0) is 19.9 Å². The summed E-state index contributed by atoms with van der Waals surface area (Å²) in [6, 6.07) is 12.8. The Morgan fingerprint density at radius 1 is 1.04 bits per heavy atom. The number of hydrogen-bond acceptors (Lipinski definition) is 5. The Hall–Kier alpha value is -2.74. The predicted molar refractivity (Wildman–Crippen MR) is 102 cm³/mol. The molecule has 5 rings (SSSR count). The second-order valence-electron chi connectivity index (χ2n) is 7.23. The molecule has 8 heteroatoms. The van der Waals surface area contributed by atoms with Crippen molar-refractivity contribution in [3.8, 4) is 0 Å². The minimum absolute atomic E-state index is 0.369. The van der Waals surface area contributed by atoms with Crippen molar-refractivity contribution in [3.05, 3.63) is 59.1 Å². The van der Waals surface area contributed by atoms with Crippen LogP contribution in [0.25, 0.3) is 0 Å². The number of aliphatic hydroxyl groups is 1. The number of benzene rings is 2. The first-order chi connectivity index (χ1) is 13.5. The number of para-hydroxylation sites is 1. The van der Waals surface area contributed by atoms with Gasteiger partial charge in [-0.3, -0.25) is 19.7 Å². The van der Waals surface area contributed by atoms with E-state index in [-0.39, 0.29) is 6.61 Å². The van der Waals surface area contributed by atoms with Crippen LogP contribution in [0.2, 0.25) is 5.02 Å². The molecule has 4 atom stereocenters. The molecule has 3 heterocycles. The highest BCUT2D eigenvalue weighted by molar-refractivity contribution is 6.31. The Bertz CT molecular complexity index is 1020. The van der Waals surface area contributed by atoms with Gasteiger partial charge in [-0.1, -0.05) is 29.8 Å². The quantitative estimate of drug-likeness (QED) is 0.663. The molecule has 1 spiro atoms. The lowest BCUT2D eigenvalue weighted by molar-refractivity contribution is -0.130. The molecule has 2 aromatic rings. The standard InChI is InChI=1S/C20H16ClN3O4/c21-10-5-7-11(8-6-10)24-17(26)15-14(9-25)23-20(16(15)18(24)27)12-3-1-2-4-13(12)22-19(20)28/h1-8,14-16,23,25H,9H2,(H,22,28)/t14-,15+,16-,20-/m0/s1. The zero-order valence-corrected chi connectivity index (χ0v) is 15.3. The van der Waals surface area contributed by atoms with Crippen LogP contribution >= 0.6 is 11.6 Å². The van der Waals surface area contributed by atoms with Gasteiger partial charge in [-0.15, -0.1) is 0 Å². The number of rotatable bonds is 2. The third-order valence-corrected chi connectivity index (χ3v) is 6.16. The van der Waals surface area contributed by atoms with Crippen molar-refractivity contribution in [2.75, 3.05) is 16.8 Å². The Labute approximate surface area is 165 Å². The Morgan fingerprint density at radius 3 is 2.46 bits per heavy atom. The maximum Gasteiger partial charge on any atom is 0.250 e. The third kappa shape index (κ3) is 2.03. The van der Waals surface area contributed by atoms with Gasteiger partial charge in [0.2, 0.25) is 17.7 Å². The fraction of sp³-hybridized carbons (Fsp3) is 0.250. The number of fused-ring (bicyclic) bond motifs is 4. The molecule has 3 aliphatic heterocycles. The number of halogens is 1. The van der Waals surface area contributed by atoms with E-state index in [0.717, 1.165) is 4.90 Å². The van der Waals surface area contributed by atoms with Gasteiger partial charge in [0.15, 0.2) is 0 Å². The monoisotopic (exact) mass is 397 g/mol. The summed E-state index contributed by atoms with van der Waals surface area (Å²) in [5.41, 5.74) is 0.225. The molecular formula is C20H16ClN3O4. The number of nitrogens with zero attached hydrogens (tertiary/aromatic N) is 1. The molecule has 3 aliphatic rings. The second kappa shape index (κ2) is 5.88. The maximum atomic E-state index is 13.4. The van der Waals surface area contributed by atoms with Gasteiger partial charge in [0.1, 0.15) is 5.54 Å². The SMILES string of the molecule is O=C1[C@@H]2[C@H](CO)N[C@]3(C(=O)Nc4ccccc43)[C@@H]2C(=O)N1c1ccc(Cl)cc1. The molecule has 0 aromatic heterocycles. The van der Waals surface area contributed by atoms with Gasteiger partial charge in [0, 0.05) is 22.3 Å². The van der Waals surface area contributed by atoms with Gasteiger partial charge in [0.05, 0.1) is 24.1 Å². The van der Waals surface area contributed by atoms with Crippen LogP contribution in [0, 0.1) is 11.8 Å². The zero-order chi connectivity index (χ0) is 19.6. The zero-order valence-electron chi connectivity index (χ0n) is 14.6. The summed E-state index contributed by atoms with van der Waals surface area (Å²) in [6.07, 6.45) is 0. The van der Waals surface area contributed by atoms with Crippen molar-refractivity contribution in [2.24, 2.45) is 11.8 Å². The summed E-state index contributed by atoms with van der Waals surface area (Å²) in [5.74, 6) is -3.08. The number of hydrogen-bond donors (Lipinski definition) is 3. The normalized spacial score (nSPS) is 30.7. The van der Waals surface area contributed by atoms with E-state index in [0.29, 0.717) is 22.0 Å². The molecule has 7 nitrogen and oxygen atoms in total. The summed E-state index contributed by atoms with van der Waals surface area (Å²) in [6.45, 7) is -0.369. The average molecular weight is 398 g/mol. The number of amides is 3. The summed E-state index contributed by atoms with van der Waals surface area (Å²) < 4.78 is 0. The highest BCUT2D eigenvalue weighted by Gasteiger charge is 2.70. The van der Waals surface area contributed by atoms with Gasteiger partial charge in [-0.2, -0.15) is 0 Å². The Balaban J connectivity index is 1.67. The predicted octanol–water partition coefficient (Wildman–Crippen LogP) is 1.26. The van der Waals surface area contributed by atoms with E-state index in [9.17, 15) is 19.5 Å². The van der Waals surface area contributed by atoms with Crippen LogP contribution in [-0.4, -0.2) is 35.5 Å². The Morgan fingerprint density at radius 2 is 1.75 bits per heavy atom. The molecule has 142 valence electrons. The fourth-order valence-electron chi connectivity index (χ4n) is 4.76. The number of imide groups is 1. The first-order valence-corrected chi connectivity index (χ1v) is 9.29. The third-order valence-electron chi connectivity index (χ3n) is 5.90. The van der Waals surface area contributed by atoms with Crippen molar-refractivity contribution >= 4 is 40.7 Å². The molecule has 0 aliphatic carbocycles. The molecule has 28 heavy (non-hydrogen) atoms. The summed E-state index contributed by atoms with van der Waals surface area (Å²) in [5, 5.41) is 16.3. The lowest BCUT2D eigenvalue weighted by Gasteiger charge is -2.29. The van der Waals surface area contributed by atoms with Crippen molar-refractivity contribution in [1.29, 1.82) is 0 Å². The van der Waals surface area contributed by atoms with Crippen molar-refractivity contribution in [3.63, 3.8) is 0 Å². The summed E-state index contributed by atoms with van der Waals surface area (Å²) in [4.78, 5) is 40.8. The average Bonchev–Trinajstić information content (AvgIpc) is 3.28. The van der Waals surface area contributed by atoms with E-state index in [1.54, 1.807) is 48.5 Å². The van der Waals surface area contributed by atoms with Gasteiger partial charge < -0.3 is 10.4 Å². The summed E-state index contributed by atoms with van der Waals surface area (Å²) in [7, 11) is 0. The van der Waals surface area contributed by atoms with Gasteiger partial charge in [0.25, 0.3) is 0 Å². The van der Waals surface area contributed by atoms with E-state index in [1.807, 2.05) is 0 Å². The fourth-order valence-corrected chi connectivity index (χ4v) is 4.88. The second-order valence-corrected chi connectivity index (χ2v) is 7.67. The molecule has 0 bridgehead atoms. The molecule has 3 N–H and O–H groups in total. The van der Waals surface area contributed by atoms with Crippen molar-refractivity contribution in [2.45, 2.75) is 11.6 Å². The number of carbonyl (C=O) groups is 3. The minimum atomic E-state index is -1.39. The van der Waals surface area contributed by atoms with Crippen LogP contribution in [0.15, 0.2) is 48.5 Å². The largest absolute Gasteiger partial charge is 0.395 e. The van der Waals surface area contributed by atoms with E-state index >= 15 is 0 Å². The van der Waals surface area contributed by atoms with Crippen LogP contribution in [0.5, 0.6) is 0 Å². The van der Waals surface area contributed by atoms with Crippen LogP contribution in [0.3, 0.4) is 0 Å². The smallest absolute Gasteiger partial charge is 0.250 e. The molecule has 0 unspecified atom stereocenters. The molecule has 0 radical (unpaired) electrons. The highest BCUT2D eigenvalue weighted by atomic mass is 35.5. The topological polar surface area (TPSA) is 98.7 Å². The van der Waals surface area contributed by atoms with Gasteiger partial charge in [-0.05, 0) is 30.3 Å². The number of nitrogens with one attached hydrogen (secondary N) is 2. The van der Waals surface area contributed by atoms with Crippen molar-refractivity contribution < 1.29 is 19.5 Å². The van der Waals surface area contributed by atoms with Gasteiger partial charge in [-0.25, -0.2) is 4.90 Å². The molecule has 2 fully saturated rings. The van der Waals surface area contributed by atoms with Crippen LogP contribution in [0.1, 0.15) is 5.56 Å². The van der Waals surface area contributed by atoms with Crippen molar-refractivity contribution in [1.82, 2.24) is 5.32 Å². The first-order valence-electron chi connectivity index (χ1n) is 8.92. The summed E-state index contributed by atoms with van der Waals surface area (Å²) >= 11 is 5.92.